The van der Waals surface area contributed by atoms with E-state index in [0.717, 1.165) is 16.9 Å². The van der Waals surface area contributed by atoms with Crippen molar-refractivity contribution in [3.63, 3.8) is 0 Å². The van der Waals surface area contributed by atoms with Gasteiger partial charge >= 0.3 is 0 Å². The van der Waals surface area contributed by atoms with Crippen molar-refractivity contribution in [3.05, 3.63) is 124 Å². The van der Waals surface area contributed by atoms with Crippen molar-refractivity contribution in [2.75, 3.05) is 13.1 Å². The summed E-state index contributed by atoms with van der Waals surface area (Å²) in [6, 6.07) is 16.4. The first-order chi connectivity index (χ1) is 19.2. The lowest BCUT2D eigenvalue weighted by Gasteiger charge is -2.29. The van der Waals surface area contributed by atoms with E-state index in [0.29, 0.717) is 38.7 Å². The van der Waals surface area contributed by atoms with Crippen molar-refractivity contribution < 1.29 is 9.72 Å². The number of fused-ring (bicyclic) bond motifs is 1. The van der Waals surface area contributed by atoms with E-state index in [9.17, 15) is 19.7 Å². The van der Waals surface area contributed by atoms with Crippen LogP contribution in [-0.2, 0) is 4.79 Å². The summed E-state index contributed by atoms with van der Waals surface area (Å²) >= 11 is 7.42. The Bertz CT molecular complexity index is 1810. The van der Waals surface area contributed by atoms with Crippen LogP contribution in [0.15, 0.2) is 87.9 Å². The van der Waals surface area contributed by atoms with E-state index in [1.807, 2.05) is 48.9 Å². The number of amides is 1. The largest absolute Gasteiger partial charge is 0.339 e. The summed E-state index contributed by atoms with van der Waals surface area (Å²) < 4.78 is 3.88. The second-order valence-electron chi connectivity index (χ2n) is 9.19. The first-order valence-corrected chi connectivity index (χ1v) is 13.9. The van der Waals surface area contributed by atoms with Gasteiger partial charge in [-0.2, -0.15) is 0 Å². The van der Waals surface area contributed by atoms with E-state index in [-0.39, 0.29) is 17.2 Å². The maximum absolute atomic E-state index is 14.0. The molecule has 1 atom stereocenters. The predicted molar refractivity (Wildman–Crippen MR) is 156 cm³/mol. The number of benzene rings is 2. The van der Waals surface area contributed by atoms with Crippen LogP contribution in [0.1, 0.15) is 38.1 Å². The van der Waals surface area contributed by atoms with E-state index >= 15 is 0 Å². The van der Waals surface area contributed by atoms with Gasteiger partial charge in [0.15, 0.2) is 4.80 Å². The molecule has 1 aliphatic heterocycles. The number of aromatic nitrogens is 2. The Labute approximate surface area is 238 Å². The normalized spacial score (nSPS) is 15.1. The van der Waals surface area contributed by atoms with Crippen molar-refractivity contribution in [2.24, 2.45) is 4.99 Å². The highest BCUT2D eigenvalue weighted by atomic mass is 35.5. The minimum Gasteiger partial charge on any atom is -0.339 e. The lowest BCUT2D eigenvalue weighted by molar-refractivity contribution is -0.384. The lowest BCUT2D eigenvalue weighted by Crippen LogP contribution is -2.43. The van der Waals surface area contributed by atoms with Crippen LogP contribution in [-0.4, -0.2) is 38.0 Å². The number of allylic oxidation sites excluding steroid dienone is 1. The van der Waals surface area contributed by atoms with Gasteiger partial charge in [-0.3, -0.25) is 24.3 Å². The lowest BCUT2D eigenvalue weighted by atomic mass is 9.94. The van der Waals surface area contributed by atoms with Gasteiger partial charge in [-0.05, 0) is 68.8 Å². The number of hydrogen-bond donors (Lipinski definition) is 0. The fourth-order valence-electron chi connectivity index (χ4n) is 4.85. The molecule has 0 saturated carbocycles. The van der Waals surface area contributed by atoms with Gasteiger partial charge in [-0.25, -0.2) is 4.99 Å². The van der Waals surface area contributed by atoms with Crippen LogP contribution in [0, 0.1) is 10.1 Å². The molecular weight excluding hydrogens is 550 g/mol. The number of thiazole rings is 1. The third-order valence-electron chi connectivity index (χ3n) is 6.89. The quantitative estimate of drug-likeness (QED) is 0.240. The fourth-order valence-corrected chi connectivity index (χ4v) is 6.01. The standard InChI is InChI=1S/C29H26ClN5O4S/c1-4-32(5-2)28(37)25-18(3)31-29-34(26(25)19-8-10-20(30)11-9-19)27(36)24(40-29)17-23-7-6-16-33(23)21-12-14-22(15-13-21)35(38)39/h6-17,26H,4-5H2,1-3H3/b24-17+/t26-/m0/s1. The third-order valence-corrected chi connectivity index (χ3v) is 8.12. The number of likely N-dealkylation sites (N-methyl/N-ethyl adjacent to an activating group) is 1. The number of hydrogen-bond acceptors (Lipinski definition) is 6. The zero-order valence-electron chi connectivity index (χ0n) is 22.1. The van der Waals surface area contributed by atoms with Gasteiger partial charge in [0.25, 0.3) is 17.2 Å². The molecule has 0 spiro atoms. The van der Waals surface area contributed by atoms with Gasteiger partial charge in [-0.1, -0.05) is 35.1 Å². The van der Waals surface area contributed by atoms with Crippen molar-refractivity contribution in [3.8, 4) is 5.69 Å². The highest BCUT2D eigenvalue weighted by Gasteiger charge is 2.34. The highest BCUT2D eigenvalue weighted by Crippen LogP contribution is 2.32. The number of carbonyl (C=O) groups excluding carboxylic acids is 1. The molecule has 2 aromatic carbocycles. The second kappa shape index (κ2) is 11.1. The molecule has 2 aromatic heterocycles. The number of nitrogens with zero attached hydrogens (tertiary/aromatic N) is 5. The molecule has 1 amide bonds. The van der Waals surface area contributed by atoms with E-state index in [1.165, 1.54) is 23.5 Å². The maximum Gasteiger partial charge on any atom is 0.271 e. The highest BCUT2D eigenvalue weighted by molar-refractivity contribution is 7.07. The van der Waals surface area contributed by atoms with Crippen LogP contribution < -0.4 is 14.9 Å². The molecule has 40 heavy (non-hydrogen) atoms. The van der Waals surface area contributed by atoms with Crippen LogP contribution in [0.2, 0.25) is 5.02 Å². The maximum atomic E-state index is 14.0. The van der Waals surface area contributed by atoms with Crippen molar-refractivity contribution in [1.29, 1.82) is 0 Å². The van der Waals surface area contributed by atoms with Crippen molar-refractivity contribution in [2.45, 2.75) is 26.8 Å². The Morgan fingerprint density at radius 3 is 2.42 bits per heavy atom. The van der Waals surface area contributed by atoms with Gasteiger partial charge in [0.2, 0.25) is 0 Å². The minimum absolute atomic E-state index is 0.00148. The van der Waals surface area contributed by atoms with Crippen LogP contribution in [0.4, 0.5) is 5.69 Å². The Morgan fingerprint density at radius 1 is 1.12 bits per heavy atom. The molecule has 0 bridgehead atoms. The number of carbonyl (C=O) groups is 1. The van der Waals surface area contributed by atoms with Gasteiger partial charge in [0, 0.05) is 47.8 Å². The molecule has 11 heteroatoms. The van der Waals surface area contributed by atoms with Crippen LogP contribution >= 0.6 is 22.9 Å². The Kier molecular flexibility index (Phi) is 7.55. The van der Waals surface area contributed by atoms with Crippen LogP contribution in [0.3, 0.4) is 0 Å². The molecule has 0 N–H and O–H groups in total. The average molecular weight is 576 g/mol. The summed E-state index contributed by atoms with van der Waals surface area (Å²) in [5.41, 5.74) is 2.96. The van der Waals surface area contributed by atoms with E-state index in [4.69, 9.17) is 16.6 Å². The van der Waals surface area contributed by atoms with E-state index in [2.05, 4.69) is 0 Å². The molecule has 4 aromatic rings. The Hall–Kier alpha value is -4.28. The van der Waals surface area contributed by atoms with E-state index in [1.54, 1.807) is 46.7 Å². The zero-order chi connectivity index (χ0) is 28.6. The van der Waals surface area contributed by atoms with E-state index < -0.39 is 11.0 Å². The molecule has 204 valence electrons. The molecule has 0 saturated heterocycles. The SMILES string of the molecule is CCN(CC)C(=O)C1=C(C)N=c2s/c(=C/c3cccn3-c3ccc([N+](=O)[O-])cc3)c(=O)n2[C@H]1c1ccc(Cl)cc1. The second-order valence-corrected chi connectivity index (χ2v) is 10.6. The third kappa shape index (κ3) is 4.91. The number of nitro benzene ring substituents is 1. The number of non-ortho nitro benzene ring substituents is 1. The monoisotopic (exact) mass is 575 g/mol. The summed E-state index contributed by atoms with van der Waals surface area (Å²) in [5.74, 6) is -0.160. The van der Waals surface area contributed by atoms with Crippen LogP contribution in [0.25, 0.3) is 11.8 Å². The smallest absolute Gasteiger partial charge is 0.271 e. The van der Waals surface area contributed by atoms with Gasteiger partial charge in [0.05, 0.1) is 26.8 Å². The summed E-state index contributed by atoms with van der Waals surface area (Å²) in [6.07, 6.45) is 3.60. The van der Waals surface area contributed by atoms with Crippen LogP contribution in [0.5, 0.6) is 0 Å². The fraction of sp³-hybridized carbons (Fsp3) is 0.207. The molecule has 0 radical (unpaired) electrons. The van der Waals surface area contributed by atoms with Crippen molar-refractivity contribution >= 4 is 40.6 Å². The Morgan fingerprint density at radius 2 is 1.80 bits per heavy atom. The Balaban J connectivity index is 1.66. The first kappa shape index (κ1) is 27.3. The molecule has 0 aliphatic carbocycles. The zero-order valence-corrected chi connectivity index (χ0v) is 23.6. The summed E-state index contributed by atoms with van der Waals surface area (Å²) in [7, 11) is 0. The number of rotatable bonds is 7. The van der Waals surface area contributed by atoms with Gasteiger partial charge < -0.3 is 9.47 Å². The molecule has 0 fully saturated rings. The minimum atomic E-state index is -0.662. The van der Waals surface area contributed by atoms with Crippen molar-refractivity contribution in [1.82, 2.24) is 14.0 Å². The van der Waals surface area contributed by atoms with Gasteiger partial charge in [-0.15, -0.1) is 0 Å². The average Bonchev–Trinajstić information content (AvgIpc) is 3.53. The number of nitro groups is 1. The molecular formula is C29H26ClN5O4S. The number of halogens is 1. The predicted octanol–water partition coefficient (Wildman–Crippen LogP) is 4.46. The van der Waals surface area contributed by atoms with Gasteiger partial charge in [0.1, 0.15) is 0 Å². The summed E-state index contributed by atoms with van der Waals surface area (Å²) in [5, 5.41) is 11.6. The summed E-state index contributed by atoms with van der Waals surface area (Å²) in [6.45, 7) is 6.71. The summed E-state index contributed by atoms with van der Waals surface area (Å²) in [4.78, 5) is 45.2. The molecule has 5 rings (SSSR count). The topological polar surface area (TPSA) is 103 Å². The first-order valence-electron chi connectivity index (χ1n) is 12.7. The molecule has 3 heterocycles. The molecule has 0 unspecified atom stereocenters. The molecule has 1 aliphatic rings. The molecule has 9 nitrogen and oxygen atoms in total.